The average molecular weight is 347 g/mol. The number of anilines is 2. The quantitative estimate of drug-likeness (QED) is 0.859. The average Bonchev–Trinajstić information content (AvgIpc) is 2.40. The van der Waals surface area contributed by atoms with E-state index >= 15 is 0 Å². The number of rotatable bonds is 4. The molecule has 0 atom stereocenters. The van der Waals surface area contributed by atoms with E-state index in [9.17, 15) is 4.79 Å². The van der Waals surface area contributed by atoms with Gasteiger partial charge in [0.2, 0.25) is 5.91 Å². The lowest BCUT2D eigenvalue weighted by atomic mass is 10.1. The van der Waals surface area contributed by atoms with Crippen molar-refractivity contribution >= 4 is 33.2 Å². The van der Waals surface area contributed by atoms with Crippen molar-refractivity contribution in [3.8, 4) is 0 Å². The van der Waals surface area contributed by atoms with Crippen LogP contribution in [-0.2, 0) is 4.79 Å². The summed E-state index contributed by atoms with van der Waals surface area (Å²) in [6, 6.07) is 11.9. The number of amides is 1. The van der Waals surface area contributed by atoms with Crippen LogP contribution < -0.4 is 10.6 Å². The van der Waals surface area contributed by atoms with Gasteiger partial charge >= 0.3 is 0 Å². The molecule has 0 bridgehead atoms. The highest BCUT2D eigenvalue weighted by molar-refractivity contribution is 9.10. The predicted octanol–water partition coefficient (Wildman–Crippen LogP) is 4.42. The third-order valence-corrected chi connectivity index (χ3v) is 3.82. The molecule has 21 heavy (non-hydrogen) atoms. The normalized spacial score (nSPS) is 10.3. The van der Waals surface area contributed by atoms with Gasteiger partial charge in [-0.2, -0.15) is 0 Å². The largest absolute Gasteiger partial charge is 0.375 e. The Hall–Kier alpha value is -1.81. The third-order valence-electron chi connectivity index (χ3n) is 3.19. The number of halogens is 1. The minimum Gasteiger partial charge on any atom is -0.375 e. The van der Waals surface area contributed by atoms with Crippen molar-refractivity contribution < 1.29 is 4.79 Å². The molecule has 110 valence electrons. The Morgan fingerprint density at radius 2 is 1.71 bits per heavy atom. The molecule has 0 saturated heterocycles. The summed E-state index contributed by atoms with van der Waals surface area (Å²) in [7, 11) is 0. The second-order valence-corrected chi connectivity index (χ2v) is 6.06. The smallest absolute Gasteiger partial charge is 0.243 e. The first kappa shape index (κ1) is 15.6. The Labute approximate surface area is 133 Å². The fourth-order valence-corrected chi connectivity index (χ4v) is 2.96. The van der Waals surface area contributed by atoms with Crippen LogP contribution >= 0.6 is 15.9 Å². The van der Waals surface area contributed by atoms with Gasteiger partial charge in [0.05, 0.1) is 12.2 Å². The van der Waals surface area contributed by atoms with Gasteiger partial charge in [0.15, 0.2) is 0 Å². The van der Waals surface area contributed by atoms with Crippen molar-refractivity contribution in [1.82, 2.24) is 0 Å². The van der Waals surface area contributed by atoms with E-state index in [0.29, 0.717) is 0 Å². The van der Waals surface area contributed by atoms with Gasteiger partial charge in [-0.15, -0.1) is 0 Å². The van der Waals surface area contributed by atoms with Crippen LogP contribution in [0.4, 0.5) is 11.4 Å². The fraction of sp³-hybridized carbons (Fsp3) is 0.235. The second-order valence-electron chi connectivity index (χ2n) is 5.21. The Morgan fingerprint density at radius 3 is 2.33 bits per heavy atom. The van der Waals surface area contributed by atoms with Crippen molar-refractivity contribution in [2.24, 2.45) is 0 Å². The molecule has 2 aromatic carbocycles. The van der Waals surface area contributed by atoms with Crippen LogP contribution in [0.1, 0.15) is 16.7 Å². The van der Waals surface area contributed by atoms with Crippen LogP contribution in [0, 0.1) is 20.8 Å². The zero-order valence-electron chi connectivity index (χ0n) is 12.5. The van der Waals surface area contributed by atoms with Gasteiger partial charge < -0.3 is 10.6 Å². The fourth-order valence-electron chi connectivity index (χ4n) is 2.15. The summed E-state index contributed by atoms with van der Waals surface area (Å²) in [5.41, 5.74) is 5.25. The molecule has 1 amide bonds. The van der Waals surface area contributed by atoms with Crippen LogP contribution in [0.2, 0.25) is 0 Å². The third kappa shape index (κ3) is 4.33. The number of nitrogens with one attached hydrogen (secondary N) is 2. The second kappa shape index (κ2) is 6.76. The van der Waals surface area contributed by atoms with Gasteiger partial charge in [0, 0.05) is 10.2 Å². The molecular weight excluding hydrogens is 328 g/mol. The Balaban J connectivity index is 1.97. The maximum absolute atomic E-state index is 12.0. The highest BCUT2D eigenvalue weighted by atomic mass is 79.9. The summed E-state index contributed by atoms with van der Waals surface area (Å²) in [5, 5.41) is 6.05. The first-order chi connectivity index (χ1) is 9.95. The standard InChI is InChI=1S/C17H19BrN2O/c1-11-4-6-14(7-5-11)20-16(21)10-19-17-13(3)8-12(2)9-15(17)18/h4-9,19H,10H2,1-3H3,(H,20,21). The molecule has 0 aromatic heterocycles. The molecule has 0 aliphatic rings. The van der Waals surface area contributed by atoms with E-state index in [1.807, 2.05) is 51.1 Å². The maximum atomic E-state index is 12.0. The van der Waals surface area contributed by atoms with Gasteiger partial charge in [-0.25, -0.2) is 0 Å². The summed E-state index contributed by atoms with van der Waals surface area (Å²) in [4.78, 5) is 12.0. The maximum Gasteiger partial charge on any atom is 0.243 e. The van der Waals surface area contributed by atoms with Gasteiger partial charge in [-0.1, -0.05) is 23.8 Å². The minimum atomic E-state index is -0.0641. The molecule has 2 aromatic rings. The van der Waals surface area contributed by atoms with Crippen molar-refractivity contribution in [2.75, 3.05) is 17.2 Å². The van der Waals surface area contributed by atoms with Gasteiger partial charge in [-0.3, -0.25) is 4.79 Å². The van der Waals surface area contributed by atoms with E-state index < -0.39 is 0 Å². The predicted molar refractivity (Wildman–Crippen MR) is 91.9 cm³/mol. The zero-order valence-corrected chi connectivity index (χ0v) is 14.0. The molecule has 2 N–H and O–H groups in total. The van der Waals surface area contributed by atoms with Crippen LogP contribution in [0.3, 0.4) is 0 Å². The summed E-state index contributed by atoms with van der Waals surface area (Å²) in [5.74, 6) is -0.0641. The van der Waals surface area contributed by atoms with E-state index in [2.05, 4.69) is 32.6 Å². The molecule has 0 aliphatic heterocycles. The lowest BCUT2D eigenvalue weighted by molar-refractivity contribution is -0.114. The van der Waals surface area contributed by atoms with Crippen LogP contribution in [0.25, 0.3) is 0 Å². The van der Waals surface area contributed by atoms with E-state index in [0.717, 1.165) is 21.4 Å². The minimum absolute atomic E-state index is 0.0641. The molecule has 0 fully saturated rings. The van der Waals surface area contributed by atoms with Crippen LogP contribution in [0.5, 0.6) is 0 Å². The van der Waals surface area contributed by atoms with Crippen molar-refractivity contribution in [3.05, 3.63) is 57.6 Å². The first-order valence-corrected chi connectivity index (χ1v) is 7.62. The van der Waals surface area contributed by atoms with Crippen molar-refractivity contribution in [2.45, 2.75) is 20.8 Å². The molecule has 2 rings (SSSR count). The summed E-state index contributed by atoms with van der Waals surface area (Å²) < 4.78 is 0.975. The number of carbonyl (C=O) groups is 1. The highest BCUT2D eigenvalue weighted by Gasteiger charge is 2.07. The van der Waals surface area contributed by atoms with Gasteiger partial charge in [0.1, 0.15) is 0 Å². The van der Waals surface area contributed by atoms with E-state index in [1.165, 1.54) is 11.1 Å². The molecule has 0 spiro atoms. The van der Waals surface area contributed by atoms with Gasteiger partial charge in [0.25, 0.3) is 0 Å². The summed E-state index contributed by atoms with van der Waals surface area (Å²) in [6.07, 6.45) is 0. The molecule has 0 saturated carbocycles. The molecule has 0 unspecified atom stereocenters. The SMILES string of the molecule is Cc1ccc(NC(=O)CNc2c(C)cc(C)cc2Br)cc1. The summed E-state index contributed by atoms with van der Waals surface area (Å²) in [6.45, 7) is 6.32. The number of hydrogen-bond acceptors (Lipinski definition) is 2. The molecule has 0 radical (unpaired) electrons. The van der Waals surface area contributed by atoms with Crippen LogP contribution in [0.15, 0.2) is 40.9 Å². The lowest BCUT2D eigenvalue weighted by Crippen LogP contribution is -2.22. The molecule has 4 heteroatoms. The number of carbonyl (C=O) groups excluding carboxylic acids is 1. The van der Waals surface area contributed by atoms with Crippen molar-refractivity contribution in [3.63, 3.8) is 0 Å². The Morgan fingerprint density at radius 1 is 1.05 bits per heavy atom. The number of aryl methyl sites for hydroxylation is 3. The Kier molecular flexibility index (Phi) is 5.02. The van der Waals surface area contributed by atoms with Crippen molar-refractivity contribution in [1.29, 1.82) is 0 Å². The molecule has 0 heterocycles. The molecule has 3 nitrogen and oxygen atoms in total. The first-order valence-electron chi connectivity index (χ1n) is 6.83. The van der Waals surface area contributed by atoms with Crippen LogP contribution in [-0.4, -0.2) is 12.5 Å². The highest BCUT2D eigenvalue weighted by Crippen LogP contribution is 2.27. The van der Waals surface area contributed by atoms with Gasteiger partial charge in [-0.05, 0) is 66.0 Å². The molecule has 0 aliphatic carbocycles. The lowest BCUT2D eigenvalue weighted by Gasteiger charge is -2.13. The van der Waals surface area contributed by atoms with E-state index in [-0.39, 0.29) is 12.5 Å². The number of benzene rings is 2. The number of hydrogen-bond donors (Lipinski definition) is 2. The van der Waals surface area contributed by atoms with E-state index in [4.69, 9.17) is 0 Å². The topological polar surface area (TPSA) is 41.1 Å². The zero-order chi connectivity index (χ0) is 15.4. The molecular formula is C17H19BrN2O. The van der Waals surface area contributed by atoms with E-state index in [1.54, 1.807) is 0 Å². The summed E-state index contributed by atoms with van der Waals surface area (Å²) >= 11 is 3.53. The Bertz CT molecular complexity index is 627. The monoisotopic (exact) mass is 346 g/mol.